The Hall–Kier alpha value is -1.31. The van der Waals surface area contributed by atoms with E-state index in [1.807, 2.05) is 23.6 Å². The van der Waals surface area contributed by atoms with Gasteiger partial charge in [0.1, 0.15) is 0 Å². The highest BCUT2D eigenvalue weighted by molar-refractivity contribution is 7.99. The zero-order chi connectivity index (χ0) is 15.4. The molecule has 3 heterocycles. The second kappa shape index (κ2) is 7.30. The predicted molar refractivity (Wildman–Crippen MR) is 87.8 cm³/mol. The lowest BCUT2D eigenvalue weighted by Crippen LogP contribution is -2.43. The highest BCUT2D eigenvalue weighted by Crippen LogP contribution is 2.26. The number of aromatic nitrogens is 1. The first-order valence-electron chi connectivity index (χ1n) is 7.25. The van der Waals surface area contributed by atoms with Crippen molar-refractivity contribution in [3.05, 3.63) is 29.3 Å². The van der Waals surface area contributed by atoms with Crippen molar-refractivity contribution in [1.82, 2.24) is 10.1 Å². The van der Waals surface area contributed by atoms with Crippen molar-refractivity contribution in [2.75, 3.05) is 18.8 Å². The Labute approximate surface area is 137 Å². The number of carbonyl (C=O) groups excluding carboxylic acids is 1. The van der Waals surface area contributed by atoms with Crippen LogP contribution in [0.15, 0.2) is 28.1 Å². The van der Waals surface area contributed by atoms with Crippen molar-refractivity contribution < 1.29 is 14.4 Å². The van der Waals surface area contributed by atoms with Crippen LogP contribution in [0.2, 0.25) is 0 Å². The van der Waals surface area contributed by atoms with Crippen LogP contribution in [0.3, 0.4) is 0 Å². The van der Waals surface area contributed by atoms with Crippen molar-refractivity contribution in [2.45, 2.75) is 24.7 Å². The van der Waals surface area contributed by atoms with Crippen molar-refractivity contribution in [1.29, 1.82) is 0 Å². The summed E-state index contributed by atoms with van der Waals surface area (Å²) >= 11 is 3.14. The van der Waals surface area contributed by atoms with E-state index in [4.69, 9.17) is 4.52 Å². The smallest absolute Gasteiger partial charge is 0.232 e. The predicted octanol–water partition coefficient (Wildman–Crippen LogP) is 2.62. The molecule has 1 aliphatic rings. The molecule has 3 rings (SSSR count). The van der Waals surface area contributed by atoms with Gasteiger partial charge in [0.2, 0.25) is 5.91 Å². The van der Waals surface area contributed by atoms with Gasteiger partial charge in [0.05, 0.1) is 22.4 Å². The van der Waals surface area contributed by atoms with Crippen molar-refractivity contribution in [2.24, 2.45) is 0 Å². The molecule has 2 aromatic rings. The molecule has 7 heteroatoms. The molecular weight excluding hydrogens is 320 g/mol. The molecule has 2 aromatic heterocycles. The van der Waals surface area contributed by atoms with Crippen molar-refractivity contribution in [3.63, 3.8) is 0 Å². The summed E-state index contributed by atoms with van der Waals surface area (Å²) in [5.41, 5.74) is 0.847. The number of nitrogens with zero attached hydrogens (tertiary/aromatic N) is 2. The van der Waals surface area contributed by atoms with E-state index in [0.29, 0.717) is 18.1 Å². The van der Waals surface area contributed by atoms with Crippen LogP contribution in [0.5, 0.6) is 0 Å². The van der Waals surface area contributed by atoms with E-state index < -0.39 is 0 Å². The third kappa shape index (κ3) is 3.91. The fraction of sp³-hybridized carbons (Fsp3) is 0.467. The molecule has 0 spiro atoms. The van der Waals surface area contributed by atoms with Crippen molar-refractivity contribution >= 4 is 29.0 Å². The van der Waals surface area contributed by atoms with Gasteiger partial charge >= 0.3 is 0 Å². The molecule has 1 aliphatic heterocycles. The molecule has 22 heavy (non-hydrogen) atoms. The number of rotatable bonds is 5. The van der Waals surface area contributed by atoms with E-state index in [1.54, 1.807) is 16.2 Å². The number of thioether (sulfide) groups is 1. The molecule has 0 radical (unpaired) electrons. The summed E-state index contributed by atoms with van der Waals surface area (Å²) in [6.45, 7) is 1.22. The number of likely N-dealkylation sites (tertiary alicyclic amines) is 1. The summed E-state index contributed by atoms with van der Waals surface area (Å²) in [5.74, 6) is 1.92. The first-order chi connectivity index (χ1) is 10.7. The number of piperidine rings is 1. The first-order valence-corrected chi connectivity index (χ1v) is 9.29. The maximum Gasteiger partial charge on any atom is 0.232 e. The Morgan fingerprint density at radius 3 is 3.27 bits per heavy atom. The van der Waals surface area contributed by atoms with Gasteiger partial charge in [-0.3, -0.25) is 4.79 Å². The van der Waals surface area contributed by atoms with E-state index in [0.717, 1.165) is 35.7 Å². The Balaban J connectivity index is 1.46. The molecular formula is C15H18N2O3S2. The van der Waals surface area contributed by atoms with E-state index in [9.17, 15) is 9.90 Å². The van der Waals surface area contributed by atoms with Gasteiger partial charge in [-0.2, -0.15) is 0 Å². The summed E-state index contributed by atoms with van der Waals surface area (Å²) in [6.07, 6.45) is 1.30. The van der Waals surface area contributed by atoms with Crippen LogP contribution < -0.4 is 0 Å². The van der Waals surface area contributed by atoms with E-state index in [1.165, 1.54) is 11.8 Å². The lowest BCUT2D eigenvalue weighted by Gasteiger charge is -2.30. The number of aliphatic hydroxyl groups excluding tert-OH is 1. The summed E-state index contributed by atoms with van der Waals surface area (Å²) < 4.78 is 5.32. The van der Waals surface area contributed by atoms with Crippen LogP contribution in [0.1, 0.15) is 18.5 Å². The van der Waals surface area contributed by atoms with E-state index >= 15 is 0 Å². The van der Waals surface area contributed by atoms with Gasteiger partial charge in [-0.05, 0) is 24.3 Å². The minimum absolute atomic E-state index is 0.0886. The zero-order valence-electron chi connectivity index (χ0n) is 12.1. The number of thiophene rings is 1. The van der Waals surface area contributed by atoms with E-state index in [2.05, 4.69) is 5.16 Å². The molecule has 0 aliphatic carbocycles. The molecule has 118 valence electrons. The largest absolute Gasteiger partial charge is 0.391 e. The van der Waals surface area contributed by atoms with Gasteiger partial charge in [0.25, 0.3) is 0 Å². The van der Waals surface area contributed by atoms with Gasteiger partial charge in [0, 0.05) is 24.9 Å². The maximum atomic E-state index is 12.1. The molecule has 5 nitrogen and oxygen atoms in total. The molecule has 1 amide bonds. The molecule has 1 N–H and O–H groups in total. The monoisotopic (exact) mass is 338 g/mol. The highest BCUT2D eigenvalue weighted by Gasteiger charge is 2.21. The average Bonchev–Trinajstić information content (AvgIpc) is 3.18. The SMILES string of the molecule is O=C(CSCc1cc(-c2cccs2)on1)N1CCCC(O)C1. The summed E-state index contributed by atoms with van der Waals surface area (Å²) in [7, 11) is 0. The summed E-state index contributed by atoms with van der Waals surface area (Å²) in [6, 6.07) is 5.89. The van der Waals surface area contributed by atoms with Crippen LogP contribution in [-0.2, 0) is 10.5 Å². The Morgan fingerprint density at radius 2 is 2.50 bits per heavy atom. The number of β-amino-alcohol motifs (C(OH)–C–C–N with tert-alkyl or cyclic N) is 1. The highest BCUT2D eigenvalue weighted by atomic mass is 32.2. The number of hydrogen-bond donors (Lipinski definition) is 1. The molecule has 0 bridgehead atoms. The van der Waals surface area contributed by atoms with Crippen LogP contribution in [0, 0.1) is 0 Å². The minimum Gasteiger partial charge on any atom is -0.391 e. The number of aliphatic hydroxyl groups is 1. The fourth-order valence-corrected chi connectivity index (χ4v) is 3.91. The van der Waals surface area contributed by atoms with Gasteiger partial charge in [-0.1, -0.05) is 11.2 Å². The minimum atomic E-state index is -0.369. The second-order valence-corrected chi connectivity index (χ2v) is 7.22. The molecule has 1 atom stereocenters. The molecule has 0 aromatic carbocycles. The van der Waals surface area contributed by atoms with Crippen LogP contribution in [-0.4, -0.2) is 46.0 Å². The van der Waals surface area contributed by atoms with Crippen molar-refractivity contribution in [3.8, 4) is 10.6 Å². The summed E-state index contributed by atoms with van der Waals surface area (Å²) in [5, 5.41) is 15.6. The third-order valence-electron chi connectivity index (χ3n) is 3.55. The summed E-state index contributed by atoms with van der Waals surface area (Å²) in [4.78, 5) is 14.9. The van der Waals surface area contributed by atoms with Crippen LogP contribution in [0.4, 0.5) is 0 Å². The molecule has 1 saturated heterocycles. The quantitative estimate of drug-likeness (QED) is 0.908. The van der Waals surface area contributed by atoms with E-state index in [-0.39, 0.29) is 12.0 Å². The number of hydrogen-bond acceptors (Lipinski definition) is 6. The van der Waals surface area contributed by atoms with Gasteiger partial charge in [-0.15, -0.1) is 23.1 Å². The average molecular weight is 338 g/mol. The fourth-order valence-electron chi connectivity index (χ4n) is 2.43. The Bertz CT molecular complexity index is 612. The topological polar surface area (TPSA) is 66.6 Å². The first kappa shape index (κ1) is 15.6. The third-order valence-corrected chi connectivity index (χ3v) is 5.38. The Kier molecular flexibility index (Phi) is 5.17. The number of carbonyl (C=O) groups is 1. The lowest BCUT2D eigenvalue weighted by atomic mass is 10.1. The van der Waals surface area contributed by atoms with Crippen LogP contribution >= 0.6 is 23.1 Å². The second-order valence-electron chi connectivity index (χ2n) is 5.29. The number of amides is 1. The lowest BCUT2D eigenvalue weighted by molar-refractivity contribution is -0.131. The van der Waals surface area contributed by atoms with Crippen LogP contribution in [0.25, 0.3) is 10.6 Å². The molecule has 0 saturated carbocycles. The van der Waals surface area contributed by atoms with Gasteiger partial charge in [-0.25, -0.2) is 0 Å². The zero-order valence-corrected chi connectivity index (χ0v) is 13.7. The molecule has 1 fully saturated rings. The Morgan fingerprint density at radius 1 is 1.59 bits per heavy atom. The standard InChI is InChI=1S/C15H18N2O3S2/c18-12-3-1-5-17(8-12)15(19)10-21-9-11-7-13(20-16-11)14-4-2-6-22-14/h2,4,6-7,12,18H,1,3,5,8-10H2. The van der Waals surface area contributed by atoms with Gasteiger partial charge in [0.15, 0.2) is 5.76 Å². The maximum absolute atomic E-state index is 12.1. The normalized spacial score (nSPS) is 18.6. The molecule has 1 unspecified atom stereocenters. The van der Waals surface area contributed by atoms with Gasteiger partial charge < -0.3 is 14.5 Å².